The van der Waals surface area contributed by atoms with Crippen molar-refractivity contribution in [2.75, 3.05) is 0 Å². The molecule has 0 unspecified atom stereocenters. The molecule has 21 heavy (non-hydrogen) atoms. The highest BCUT2D eigenvalue weighted by Crippen LogP contribution is 2.29. The summed E-state index contributed by atoms with van der Waals surface area (Å²) in [5.41, 5.74) is 1.03. The average Bonchev–Trinajstić information content (AvgIpc) is 2.79. The molecule has 1 aromatic heterocycles. The Morgan fingerprint density at radius 1 is 1.29 bits per heavy atom. The van der Waals surface area contributed by atoms with Crippen molar-refractivity contribution in [1.82, 2.24) is 4.98 Å². The maximum absolute atomic E-state index is 12.3. The van der Waals surface area contributed by atoms with Crippen LogP contribution < -0.4 is 0 Å². The van der Waals surface area contributed by atoms with Gasteiger partial charge in [0.2, 0.25) is 0 Å². The summed E-state index contributed by atoms with van der Waals surface area (Å²) in [6.07, 6.45) is 0.817. The van der Waals surface area contributed by atoms with Gasteiger partial charge in [0, 0.05) is 0 Å². The number of aryl methyl sites for hydroxylation is 2. The number of hydrogen-bond acceptors (Lipinski definition) is 6. The first kappa shape index (κ1) is 15.6. The van der Waals surface area contributed by atoms with Gasteiger partial charge in [0.15, 0.2) is 9.84 Å². The fraction of sp³-hybridized carbons (Fsp3) is 0.308. The van der Waals surface area contributed by atoms with Crippen LogP contribution in [0.1, 0.15) is 23.2 Å². The van der Waals surface area contributed by atoms with Crippen molar-refractivity contribution in [2.45, 2.75) is 30.9 Å². The molecule has 0 aliphatic rings. The predicted octanol–water partition coefficient (Wildman–Crippen LogP) is 2.90. The van der Waals surface area contributed by atoms with Gasteiger partial charge >= 0.3 is 5.00 Å². The van der Waals surface area contributed by atoms with Gasteiger partial charge in [-0.15, -0.1) is 0 Å². The zero-order valence-corrected chi connectivity index (χ0v) is 13.2. The molecule has 6 nitrogen and oxygen atoms in total. The van der Waals surface area contributed by atoms with Crippen molar-refractivity contribution < 1.29 is 13.3 Å². The molecule has 0 saturated carbocycles. The van der Waals surface area contributed by atoms with E-state index in [1.807, 2.05) is 6.92 Å². The molecule has 0 aliphatic carbocycles. The lowest BCUT2D eigenvalue weighted by molar-refractivity contribution is -0.381. The van der Waals surface area contributed by atoms with Crippen LogP contribution in [-0.2, 0) is 22.0 Å². The third kappa shape index (κ3) is 3.45. The van der Waals surface area contributed by atoms with Gasteiger partial charge in [-0.05, 0) is 42.4 Å². The van der Waals surface area contributed by atoms with Crippen molar-refractivity contribution in [3.8, 4) is 0 Å². The molecule has 0 amide bonds. The minimum Gasteiger partial charge on any atom is -0.257 e. The SMILES string of the molecule is CCc1ccc(S(=O)(=O)Cc2nc(C)sc2[N+](=O)[O-])cc1. The number of nitro groups is 1. The largest absolute Gasteiger partial charge is 0.348 e. The first-order valence-electron chi connectivity index (χ1n) is 6.26. The zero-order chi connectivity index (χ0) is 15.6. The van der Waals surface area contributed by atoms with Gasteiger partial charge in [0.25, 0.3) is 0 Å². The van der Waals surface area contributed by atoms with E-state index >= 15 is 0 Å². The molecule has 2 aromatic rings. The smallest absolute Gasteiger partial charge is 0.257 e. The summed E-state index contributed by atoms with van der Waals surface area (Å²) < 4.78 is 24.7. The van der Waals surface area contributed by atoms with Crippen LogP contribution in [-0.4, -0.2) is 18.3 Å². The zero-order valence-electron chi connectivity index (χ0n) is 11.6. The lowest BCUT2D eigenvalue weighted by Gasteiger charge is -2.03. The Balaban J connectivity index is 2.34. The fourth-order valence-corrected chi connectivity index (χ4v) is 4.01. The Kier molecular flexibility index (Phi) is 4.38. The minimum absolute atomic E-state index is 0.00191. The van der Waals surface area contributed by atoms with E-state index < -0.39 is 20.5 Å². The quantitative estimate of drug-likeness (QED) is 0.622. The second-order valence-electron chi connectivity index (χ2n) is 4.50. The summed E-state index contributed by atoms with van der Waals surface area (Å²) in [7, 11) is -3.64. The van der Waals surface area contributed by atoms with E-state index in [4.69, 9.17) is 0 Å². The molecule has 2 rings (SSSR count). The second-order valence-corrected chi connectivity index (χ2v) is 7.67. The van der Waals surface area contributed by atoms with Gasteiger partial charge in [-0.2, -0.15) is 0 Å². The molecule has 0 fully saturated rings. The summed E-state index contributed by atoms with van der Waals surface area (Å²) in [4.78, 5) is 14.5. The topological polar surface area (TPSA) is 90.2 Å². The van der Waals surface area contributed by atoms with Crippen molar-refractivity contribution >= 4 is 26.2 Å². The van der Waals surface area contributed by atoms with Crippen LogP contribution in [0.5, 0.6) is 0 Å². The minimum atomic E-state index is -3.64. The van der Waals surface area contributed by atoms with E-state index in [1.165, 1.54) is 12.1 Å². The number of aromatic nitrogens is 1. The van der Waals surface area contributed by atoms with Gasteiger partial charge in [-0.25, -0.2) is 13.4 Å². The molecule has 1 aromatic carbocycles. The van der Waals surface area contributed by atoms with Gasteiger partial charge in [0.1, 0.15) is 11.4 Å². The predicted molar refractivity (Wildman–Crippen MR) is 80.2 cm³/mol. The molecule has 0 aliphatic heterocycles. The van der Waals surface area contributed by atoms with Gasteiger partial charge < -0.3 is 0 Å². The third-order valence-electron chi connectivity index (χ3n) is 2.97. The van der Waals surface area contributed by atoms with Crippen LogP contribution >= 0.6 is 11.3 Å². The molecule has 0 saturated heterocycles. The maximum Gasteiger partial charge on any atom is 0.348 e. The van der Waals surface area contributed by atoms with Crippen molar-refractivity contribution in [1.29, 1.82) is 0 Å². The molecule has 0 N–H and O–H groups in total. The van der Waals surface area contributed by atoms with Crippen molar-refractivity contribution in [2.24, 2.45) is 0 Å². The highest BCUT2D eigenvalue weighted by molar-refractivity contribution is 7.90. The monoisotopic (exact) mass is 326 g/mol. The standard InChI is InChI=1S/C13H14N2O4S2/c1-3-10-4-6-11(7-5-10)21(18,19)8-12-13(15(16)17)20-9(2)14-12/h4-7H,3,8H2,1-2H3. The lowest BCUT2D eigenvalue weighted by Crippen LogP contribution is -2.07. The fourth-order valence-electron chi connectivity index (χ4n) is 1.89. The number of rotatable bonds is 5. The van der Waals surface area contributed by atoms with Crippen LogP contribution in [0.3, 0.4) is 0 Å². The van der Waals surface area contributed by atoms with Crippen LogP contribution in [0.25, 0.3) is 0 Å². The highest BCUT2D eigenvalue weighted by Gasteiger charge is 2.26. The Hall–Kier alpha value is -1.80. The number of thiazole rings is 1. The maximum atomic E-state index is 12.3. The van der Waals surface area contributed by atoms with E-state index in [1.54, 1.807) is 19.1 Å². The number of hydrogen-bond donors (Lipinski definition) is 0. The van der Waals surface area contributed by atoms with E-state index in [2.05, 4.69) is 4.98 Å². The van der Waals surface area contributed by atoms with E-state index in [0.29, 0.717) is 5.01 Å². The van der Waals surface area contributed by atoms with Crippen LogP contribution in [0, 0.1) is 17.0 Å². The summed E-state index contributed by atoms with van der Waals surface area (Å²) in [6, 6.07) is 6.54. The second kappa shape index (κ2) is 5.90. The van der Waals surface area contributed by atoms with Crippen LogP contribution in [0.2, 0.25) is 0 Å². The van der Waals surface area contributed by atoms with E-state index in [0.717, 1.165) is 23.3 Å². The van der Waals surface area contributed by atoms with Crippen LogP contribution in [0.15, 0.2) is 29.2 Å². The van der Waals surface area contributed by atoms with Gasteiger partial charge in [0.05, 0.1) is 14.8 Å². The third-order valence-corrected chi connectivity index (χ3v) is 5.58. The normalized spacial score (nSPS) is 11.5. The molecule has 8 heteroatoms. The Morgan fingerprint density at radius 2 is 1.90 bits per heavy atom. The van der Waals surface area contributed by atoms with Crippen molar-refractivity contribution in [3.05, 3.63) is 50.6 Å². The van der Waals surface area contributed by atoms with Gasteiger partial charge in [-0.3, -0.25) is 10.1 Å². The molecule has 0 atom stereocenters. The number of sulfone groups is 1. The van der Waals surface area contributed by atoms with E-state index in [-0.39, 0.29) is 15.6 Å². The molecule has 112 valence electrons. The highest BCUT2D eigenvalue weighted by atomic mass is 32.2. The van der Waals surface area contributed by atoms with Gasteiger partial charge in [-0.1, -0.05) is 19.1 Å². The first-order valence-corrected chi connectivity index (χ1v) is 8.72. The molecular weight excluding hydrogens is 312 g/mol. The first-order chi connectivity index (χ1) is 9.83. The molecule has 1 heterocycles. The Morgan fingerprint density at radius 3 is 2.43 bits per heavy atom. The number of nitrogens with zero attached hydrogens (tertiary/aromatic N) is 2. The molecular formula is C13H14N2O4S2. The lowest BCUT2D eigenvalue weighted by atomic mass is 10.2. The number of benzene rings is 1. The Bertz CT molecular complexity index is 764. The summed E-state index contributed by atoms with van der Waals surface area (Å²) in [5, 5.41) is 11.2. The molecule has 0 bridgehead atoms. The summed E-state index contributed by atoms with van der Waals surface area (Å²) in [5.74, 6) is -0.459. The van der Waals surface area contributed by atoms with E-state index in [9.17, 15) is 18.5 Å². The molecule has 0 radical (unpaired) electrons. The summed E-state index contributed by atoms with van der Waals surface area (Å²) in [6.45, 7) is 3.59. The average molecular weight is 326 g/mol. The van der Waals surface area contributed by atoms with Crippen molar-refractivity contribution in [3.63, 3.8) is 0 Å². The van der Waals surface area contributed by atoms with Crippen LogP contribution in [0.4, 0.5) is 5.00 Å². The molecule has 0 spiro atoms. The summed E-state index contributed by atoms with van der Waals surface area (Å²) >= 11 is 0.890. The Labute approximate surface area is 126 Å².